The molecule has 0 saturated heterocycles. The molecule has 32 heavy (non-hydrogen) atoms. The van der Waals surface area contributed by atoms with E-state index in [0.717, 1.165) is 17.3 Å². The summed E-state index contributed by atoms with van der Waals surface area (Å²) in [7, 11) is 1.53. The smallest absolute Gasteiger partial charge is 0.318 e. The highest BCUT2D eigenvalue weighted by atomic mass is 32.2. The first-order valence-corrected chi connectivity index (χ1v) is 10.5. The molecule has 4 rings (SSSR count). The van der Waals surface area contributed by atoms with E-state index in [4.69, 9.17) is 10.5 Å². The number of aryl methyl sites for hydroxylation is 1. The van der Waals surface area contributed by atoms with Gasteiger partial charge < -0.3 is 10.5 Å². The summed E-state index contributed by atoms with van der Waals surface area (Å²) in [4.78, 5) is 36.7. The molecular formula is C21H20N6O4S. The molecule has 3 N–H and O–H groups in total. The molecule has 0 aliphatic heterocycles. The molecule has 0 aliphatic rings. The molecule has 10 nitrogen and oxygen atoms in total. The van der Waals surface area contributed by atoms with Gasteiger partial charge in [-0.05, 0) is 43.7 Å². The van der Waals surface area contributed by atoms with Gasteiger partial charge in [0.15, 0.2) is 5.16 Å². The largest absolute Gasteiger partial charge is 0.495 e. The van der Waals surface area contributed by atoms with Crippen LogP contribution in [0.4, 0.5) is 4.79 Å². The Morgan fingerprint density at radius 3 is 2.66 bits per heavy atom. The first-order chi connectivity index (χ1) is 15.3. The quantitative estimate of drug-likeness (QED) is 0.443. The number of fused-ring (bicyclic) bond motifs is 3. The normalized spacial score (nSPS) is 12.1. The fourth-order valence-corrected chi connectivity index (χ4v) is 4.24. The van der Waals surface area contributed by atoms with Crippen molar-refractivity contribution in [3.8, 4) is 11.4 Å². The zero-order valence-electron chi connectivity index (χ0n) is 17.5. The predicted molar refractivity (Wildman–Crippen MR) is 120 cm³/mol. The van der Waals surface area contributed by atoms with Gasteiger partial charge in [0.05, 0.1) is 29.0 Å². The summed E-state index contributed by atoms with van der Waals surface area (Å²) in [6.07, 6.45) is 0. The molecular weight excluding hydrogens is 432 g/mol. The third-order valence-electron chi connectivity index (χ3n) is 4.87. The van der Waals surface area contributed by atoms with E-state index >= 15 is 0 Å². The summed E-state index contributed by atoms with van der Waals surface area (Å²) >= 11 is 1.09. The molecule has 0 fully saturated rings. The van der Waals surface area contributed by atoms with Crippen molar-refractivity contribution in [2.45, 2.75) is 24.3 Å². The first kappa shape index (κ1) is 21.4. The van der Waals surface area contributed by atoms with Crippen LogP contribution in [-0.4, -0.2) is 43.5 Å². The zero-order valence-corrected chi connectivity index (χ0v) is 18.3. The van der Waals surface area contributed by atoms with Gasteiger partial charge in [-0.1, -0.05) is 30.0 Å². The number of nitrogens with zero attached hydrogens (tertiary/aromatic N) is 4. The number of imide groups is 1. The third kappa shape index (κ3) is 3.66. The molecule has 11 heteroatoms. The number of methoxy groups -OCH3 is 1. The van der Waals surface area contributed by atoms with Crippen LogP contribution >= 0.6 is 11.8 Å². The Morgan fingerprint density at radius 2 is 1.94 bits per heavy atom. The van der Waals surface area contributed by atoms with Crippen molar-refractivity contribution in [2.24, 2.45) is 5.73 Å². The van der Waals surface area contributed by atoms with E-state index in [1.807, 2.05) is 19.1 Å². The number of benzene rings is 2. The molecule has 4 aromatic rings. The first-order valence-electron chi connectivity index (χ1n) is 9.62. The number of para-hydroxylation sites is 1. The molecule has 0 spiro atoms. The summed E-state index contributed by atoms with van der Waals surface area (Å²) in [6.45, 7) is 3.53. The molecule has 1 unspecified atom stereocenters. The van der Waals surface area contributed by atoms with E-state index in [0.29, 0.717) is 27.5 Å². The Balaban J connectivity index is 1.99. The van der Waals surface area contributed by atoms with Crippen LogP contribution in [0.3, 0.4) is 0 Å². The Labute approximate surface area is 186 Å². The number of aromatic nitrogens is 4. The monoisotopic (exact) mass is 452 g/mol. The lowest BCUT2D eigenvalue weighted by atomic mass is 10.2. The number of carbonyl (C=O) groups excluding carboxylic acids is 2. The predicted octanol–water partition coefficient (Wildman–Crippen LogP) is 2.03. The van der Waals surface area contributed by atoms with Crippen LogP contribution in [0.2, 0.25) is 0 Å². The Bertz CT molecular complexity index is 1430. The Hall–Kier alpha value is -3.86. The van der Waals surface area contributed by atoms with Gasteiger partial charge in [-0.15, -0.1) is 10.2 Å². The second-order valence-corrected chi connectivity index (χ2v) is 8.37. The summed E-state index contributed by atoms with van der Waals surface area (Å²) < 4.78 is 8.64. The second-order valence-electron chi connectivity index (χ2n) is 7.06. The minimum Gasteiger partial charge on any atom is -0.495 e. The molecule has 0 saturated carbocycles. The third-order valence-corrected chi connectivity index (χ3v) is 5.91. The van der Waals surface area contributed by atoms with Crippen LogP contribution in [0.25, 0.3) is 22.4 Å². The highest BCUT2D eigenvalue weighted by molar-refractivity contribution is 8.00. The number of hydrogen-bond donors (Lipinski definition) is 2. The maximum absolute atomic E-state index is 13.5. The number of thioether (sulfide) groups is 1. The SMILES string of the molecule is COc1ccc(C)cc1-n1c(=O)c2ccccc2n2c(SC(C)C(=O)NC(N)=O)nnc12. The number of nitrogens with one attached hydrogen (secondary N) is 1. The van der Waals surface area contributed by atoms with Crippen molar-refractivity contribution in [3.63, 3.8) is 0 Å². The molecule has 0 radical (unpaired) electrons. The molecule has 2 heterocycles. The molecule has 0 bridgehead atoms. The van der Waals surface area contributed by atoms with Crippen LogP contribution in [0.1, 0.15) is 12.5 Å². The highest BCUT2D eigenvalue weighted by Crippen LogP contribution is 2.29. The molecule has 1 atom stereocenters. The lowest BCUT2D eigenvalue weighted by molar-refractivity contribution is -0.119. The molecule has 3 amide bonds. The van der Waals surface area contributed by atoms with E-state index in [9.17, 15) is 14.4 Å². The van der Waals surface area contributed by atoms with Crippen molar-refractivity contribution in [3.05, 3.63) is 58.4 Å². The highest BCUT2D eigenvalue weighted by Gasteiger charge is 2.23. The van der Waals surface area contributed by atoms with Gasteiger partial charge in [-0.2, -0.15) is 0 Å². The minimum absolute atomic E-state index is 0.266. The van der Waals surface area contributed by atoms with E-state index < -0.39 is 17.2 Å². The van der Waals surface area contributed by atoms with Gasteiger partial charge in [0.1, 0.15) is 5.75 Å². The van der Waals surface area contributed by atoms with Crippen LogP contribution < -0.4 is 21.3 Å². The number of nitrogens with two attached hydrogens (primary N) is 1. The van der Waals surface area contributed by atoms with Crippen molar-refractivity contribution in [2.75, 3.05) is 7.11 Å². The van der Waals surface area contributed by atoms with E-state index in [2.05, 4.69) is 15.5 Å². The van der Waals surface area contributed by atoms with E-state index in [1.165, 1.54) is 11.7 Å². The summed E-state index contributed by atoms with van der Waals surface area (Å²) in [5.41, 5.74) is 6.82. The summed E-state index contributed by atoms with van der Waals surface area (Å²) in [6, 6.07) is 11.6. The van der Waals surface area contributed by atoms with E-state index in [-0.39, 0.29) is 11.3 Å². The number of urea groups is 1. The molecule has 2 aromatic heterocycles. The van der Waals surface area contributed by atoms with Gasteiger partial charge in [0, 0.05) is 0 Å². The zero-order chi connectivity index (χ0) is 23.0. The van der Waals surface area contributed by atoms with Crippen LogP contribution in [-0.2, 0) is 4.79 Å². The van der Waals surface area contributed by atoms with Gasteiger partial charge in [0.25, 0.3) is 5.56 Å². The van der Waals surface area contributed by atoms with Crippen molar-refractivity contribution in [1.29, 1.82) is 0 Å². The maximum Gasteiger partial charge on any atom is 0.318 e. The maximum atomic E-state index is 13.5. The standard InChI is InChI=1S/C21H20N6O4S/c1-11-8-9-16(31-3)15(10-11)26-18(29)13-6-4-5-7-14(13)27-20(26)24-25-21(27)32-12(2)17(28)23-19(22)30/h4-10,12H,1-3H3,(H3,22,23,28,30). The number of carbonyl (C=O) groups is 2. The van der Waals surface area contributed by atoms with Crippen LogP contribution in [0.5, 0.6) is 5.75 Å². The Morgan fingerprint density at radius 1 is 1.19 bits per heavy atom. The lowest BCUT2D eigenvalue weighted by Crippen LogP contribution is -2.39. The van der Waals surface area contributed by atoms with Gasteiger partial charge in [0.2, 0.25) is 11.7 Å². The second kappa shape index (κ2) is 8.35. The lowest BCUT2D eigenvalue weighted by Gasteiger charge is -2.15. The minimum atomic E-state index is -0.931. The van der Waals surface area contributed by atoms with Gasteiger partial charge in [-0.25, -0.2) is 9.36 Å². The Kier molecular flexibility index (Phi) is 5.57. The summed E-state index contributed by atoms with van der Waals surface area (Å²) in [5, 5.41) is 10.7. The fourth-order valence-electron chi connectivity index (χ4n) is 3.38. The number of ether oxygens (including phenoxy) is 1. The molecule has 0 aliphatic carbocycles. The van der Waals surface area contributed by atoms with E-state index in [1.54, 1.807) is 41.7 Å². The fraction of sp³-hybridized carbons (Fsp3) is 0.190. The number of rotatable bonds is 5. The number of primary amides is 1. The van der Waals surface area contributed by atoms with Crippen LogP contribution in [0.15, 0.2) is 52.4 Å². The average molecular weight is 452 g/mol. The van der Waals surface area contributed by atoms with Crippen molar-refractivity contribution in [1.82, 2.24) is 24.5 Å². The number of amides is 3. The molecule has 2 aromatic carbocycles. The van der Waals surface area contributed by atoms with Crippen molar-refractivity contribution < 1.29 is 14.3 Å². The van der Waals surface area contributed by atoms with Crippen LogP contribution in [0, 0.1) is 6.92 Å². The topological polar surface area (TPSA) is 134 Å². The summed E-state index contributed by atoms with van der Waals surface area (Å²) in [5.74, 6) is 0.209. The number of hydrogen-bond acceptors (Lipinski definition) is 7. The van der Waals surface area contributed by atoms with Crippen molar-refractivity contribution >= 4 is 40.4 Å². The molecule has 164 valence electrons. The van der Waals surface area contributed by atoms with Gasteiger partial charge in [-0.3, -0.25) is 19.3 Å². The van der Waals surface area contributed by atoms with Gasteiger partial charge >= 0.3 is 6.03 Å². The average Bonchev–Trinajstić information content (AvgIpc) is 3.17.